The summed E-state index contributed by atoms with van der Waals surface area (Å²) in [4.78, 5) is 3.30. The highest BCUT2D eigenvalue weighted by molar-refractivity contribution is 9.10. The van der Waals surface area contributed by atoms with Crippen LogP contribution in [0, 0.1) is 0 Å². The van der Waals surface area contributed by atoms with Crippen LogP contribution in [0.25, 0.3) is 0 Å². The van der Waals surface area contributed by atoms with Crippen molar-refractivity contribution in [2.75, 3.05) is 6.54 Å². The molecule has 1 aliphatic heterocycles. The SMILES string of the molecule is Brc1ccc([C@@H]2CCCCN2)[nH]1. The summed E-state index contributed by atoms with van der Waals surface area (Å²) in [6.07, 6.45) is 3.92. The third kappa shape index (κ3) is 1.72. The Hall–Kier alpha value is -0.280. The molecule has 2 heterocycles. The molecular formula is C9H13BrN2. The highest BCUT2D eigenvalue weighted by Crippen LogP contribution is 2.23. The van der Waals surface area contributed by atoms with Crippen molar-refractivity contribution < 1.29 is 0 Å². The van der Waals surface area contributed by atoms with E-state index in [1.807, 2.05) is 0 Å². The Morgan fingerprint density at radius 3 is 2.83 bits per heavy atom. The normalized spacial score (nSPS) is 24.2. The van der Waals surface area contributed by atoms with Crippen molar-refractivity contribution in [3.63, 3.8) is 0 Å². The zero-order valence-corrected chi connectivity index (χ0v) is 8.52. The minimum Gasteiger partial charge on any atom is -0.352 e. The number of aromatic nitrogens is 1. The van der Waals surface area contributed by atoms with Crippen LogP contribution in [-0.4, -0.2) is 11.5 Å². The van der Waals surface area contributed by atoms with Gasteiger partial charge in [0.15, 0.2) is 0 Å². The molecule has 2 N–H and O–H groups in total. The van der Waals surface area contributed by atoms with Crippen molar-refractivity contribution in [2.45, 2.75) is 25.3 Å². The van der Waals surface area contributed by atoms with Crippen molar-refractivity contribution in [3.05, 3.63) is 22.4 Å². The summed E-state index contributed by atoms with van der Waals surface area (Å²) in [6.45, 7) is 1.15. The van der Waals surface area contributed by atoms with Gasteiger partial charge in [-0.15, -0.1) is 0 Å². The summed E-state index contributed by atoms with van der Waals surface area (Å²) in [5.74, 6) is 0. The van der Waals surface area contributed by atoms with Crippen molar-refractivity contribution in [1.82, 2.24) is 10.3 Å². The van der Waals surface area contributed by atoms with Crippen LogP contribution >= 0.6 is 15.9 Å². The number of aromatic amines is 1. The fourth-order valence-corrected chi connectivity index (χ4v) is 2.07. The number of hydrogen-bond acceptors (Lipinski definition) is 1. The van der Waals surface area contributed by atoms with Crippen LogP contribution in [0.5, 0.6) is 0 Å². The molecule has 0 unspecified atom stereocenters. The number of nitrogens with one attached hydrogen (secondary N) is 2. The molecule has 66 valence electrons. The van der Waals surface area contributed by atoms with E-state index in [0.29, 0.717) is 6.04 Å². The highest BCUT2D eigenvalue weighted by atomic mass is 79.9. The Morgan fingerprint density at radius 2 is 2.25 bits per heavy atom. The van der Waals surface area contributed by atoms with Crippen molar-refractivity contribution in [1.29, 1.82) is 0 Å². The minimum atomic E-state index is 0.546. The lowest BCUT2D eigenvalue weighted by Crippen LogP contribution is -2.26. The molecule has 0 radical (unpaired) electrons. The van der Waals surface area contributed by atoms with Crippen LogP contribution in [0.15, 0.2) is 16.7 Å². The Kier molecular flexibility index (Phi) is 2.51. The molecule has 1 aromatic heterocycles. The maximum atomic E-state index is 3.50. The standard InChI is InChI=1S/C9H13BrN2/c10-9-5-4-8(12-9)7-3-1-2-6-11-7/h4-5,7,11-12H,1-3,6H2/t7-/m0/s1. The molecular weight excluding hydrogens is 216 g/mol. The molecule has 1 aromatic rings. The summed E-state index contributed by atoms with van der Waals surface area (Å²) in [5, 5.41) is 3.50. The van der Waals surface area contributed by atoms with Gasteiger partial charge in [-0.1, -0.05) is 6.42 Å². The molecule has 0 bridgehead atoms. The number of H-pyrrole nitrogens is 1. The van der Waals surface area contributed by atoms with Gasteiger partial charge in [0, 0.05) is 11.7 Å². The summed E-state index contributed by atoms with van der Waals surface area (Å²) < 4.78 is 1.07. The number of rotatable bonds is 1. The number of halogens is 1. The molecule has 1 atom stereocenters. The van der Waals surface area contributed by atoms with E-state index in [2.05, 4.69) is 38.4 Å². The first-order valence-electron chi connectivity index (χ1n) is 4.44. The maximum absolute atomic E-state index is 3.50. The van der Waals surface area contributed by atoms with Gasteiger partial charge in [0.2, 0.25) is 0 Å². The molecule has 2 rings (SSSR count). The van der Waals surface area contributed by atoms with E-state index in [1.54, 1.807) is 0 Å². The molecule has 1 fully saturated rings. The highest BCUT2D eigenvalue weighted by Gasteiger charge is 2.15. The molecule has 3 heteroatoms. The minimum absolute atomic E-state index is 0.546. The maximum Gasteiger partial charge on any atom is 0.0822 e. The Balaban J connectivity index is 2.08. The van der Waals surface area contributed by atoms with Gasteiger partial charge in [0.25, 0.3) is 0 Å². The van der Waals surface area contributed by atoms with Crippen LogP contribution < -0.4 is 5.32 Å². The van der Waals surface area contributed by atoms with Gasteiger partial charge in [-0.2, -0.15) is 0 Å². The van der Waals surface area contributed by atoms with E-state index < -0.39 is 0 Å². The second-order valence-electron chi connectivity index (χ2n) is 3.26. The van der Waals surface area contributed by atoms with E-state index in [9.17, 15) is 0 Å². The van der Waals surface area contributed by atoms with Crippen molar-refractivity contribution in [3.8, 4) is 0 Å². The molecule has 0 amide bonds. The Labute approximate surface area is 80.9 Å². The molecule has 1 saturated heterocycles. The molecule has 0 saturated carbocycles. The van der Waals surface area contributed by atoms with Gasteiger partial charge < -0.3 is 10.3 Å². The Morgan fingerprint density at radius 1 is 1.33 bits per heavy atom. The van der Waals surface area contributed by atoms with Gasteiger partial charge in [-0.25, -0.2) is 0 Å². The lowest BCUT2D eigenvalue weighted by molar-refractivity contribution is 0.406. The Bertz CT molecular complexity index is 251. The fraction of sp³-hybridized carbons (Fsp3) is 0.556. The van der Waals surface area contributed by atoms with Crippen molar-refractivity contribution in [2.24, 2.45) is 0 Å². The topological polar surface area (TPSA) is 27.8 Å². The number of hydrogen-bond donors (Lipinski definition) is 2. The quantitative estimate of drug-likeness (QED) is 0.761. The van der Waals surface area contributed by atoms with Crippen LogP contribution in [0.3, 0.4) is 0 Å². The summed E-state index contributed by atoms with van der Waals surface area (Å²) in [5.41, 5.74) is 1.31. The predicted octanol–water partition coefficient (Wildman–Crippen LogP) is 2.59. The van der Waals surface area contributed by atoms with Crippen LogP contribution in [0.2, 0.25) is 0 Å². The first-order chi connectivity index (χ1) is 5.86. The van der Waals surface area contributed by atoms with E-state index in [-0.39, 0.29) is 0 Å². The monoisotopic (exact) mass is 228 g/mol. The van der Waals surface area contributed by atoms with Gasteiger partial charge in [0.05, 0.1) is 4.60 Å². The largest absolute Gasteiger partial charge is 0.352 e. The smallest absolute Gasteiger partial charge is 0.0822 e. The van der Waals surface area contributed by atoms with E-state index in [4.69, 9.17) is 0 Å². The second-order valence-corrected chi connectivity index (χ2v) is 4.12. The van der Waals surface area contributed by atoms with Crippen LogP contribution in [0.1, 0.15) is 31.0 Å². The average molecular weight is 229 g/mol. The fourth-order valence-electron chi connectivity index (χ4n) is 1.70. The van der Waals surface area contributed by atoms with Gasteiger partial charge in [-0.05, 0) is 47.4 Å². The molecule has 12 heavy (non-hydrogen) atoms. The lowest BCUT2D eigenvalue weighted by Gasteiger charge is -2.22. The lowest BCUT2D eigenvalue weighted by atomic mass is 10.0. The van der Waals surface area contributed by atoms with E-state index in [1.165, 1.54) is 25.0 Å². The molecule has 0 aliphatic carbocycles. The molecule has 2 nitrogen and oxygen atoms in total. The third-order valence-electron chi connectivity index (χ3n) is 2.36. The number of piperidine rings is 1. The van der Waals surface area contributed by atoms with Crippen LogP contribution in [0.4, 0.5) is 0 Å². The van der Waals surface area contributed by atoms with E-state index >= 15 is 0 Å². The summed E-state index contributed by atoms with van der Waals surface area (Å²) in [6, 6.07) is 4.75. The third-order valence-corrected chi connectivity index (χ3v) is 2.82. The second kappa shape index (κ2) is 3.62. The molecule has 0 spiro atoms. The first-order valence-corrected chi connectivity index (χ1v) is 5.23. The van der Waals surface area contributed by atoms with E-state index in [0.717, 1.165) is 11.1 Å². The molecule has 1 aliphatic rings. The van der Waals surface area contributed by atoms with Crippen molar-refractivity contribution >= 4 is 15.9 Å². The van der Waals surface area contributed by atoms with Gasteiger partial charge in [0.1, 0.15) is 0 Å². The van der Waals surface area contributed by atoms with Gasteiger partial charge >= 0.3 is 0 Å². The zero-order valence-electron chi connectivity index (χ0n) is 6.94. The molecule has 0 aromatic carbocycles. The summed E-state index contributed by atoms with van der Waals surface area (Å²) >= 11 is 3.42. The van der Waals surface area contributed by atoms with Crippen LogP contribution in [-0.2, 0) is 0 Å². The summed E-state index contributed by atoms with van der Waals surface area (Å²) in [7, 11) is 0. The van der Waals surface area contributed by atoms with Gasteiger partial charge in [-0.3, -0.25) is 0 Å². The predicted molar refractivity (Wildman–Crippen MR) is 53.1 cm³/mol. The zero-order chi connectivity index (χ0) is 8.39. The first kappa shape index (κ1) is 8.32. The average Bonchev–Trinajstić information content (AvgIpc) is 2.54.